The normalized spacial score (nSPS) is 11.6. The van der Waals surface area contributed by atoms with Gasteiger partial charge in [-0.1, -0.05) is 6.92 Å². The van der Waals surface area contributed by atoms with Gasteiger partial charge in [0, 0.05) is 6.04 Å². The lowest BCUT2D eigenvalue weighted by Gasteiger charge is -2.13. The molecule has 1 amide bonds. The van der Waals surface area contributed by atoms with Crippen LogP contribution in [0.1, 0.15) is 30.6 Å². The maximum absolute atomic E-state index is 11.6. The summed E-state index contributed by atoms with van der Waals surface area (Å²) in [5, 5.41) is 11.8. The number of amides is 1. The van der Waals surface area contributed by atoms with Gasteiger partial charge in [0.25, 0.3) is 5.91 Å². The monoisotopic (exact) mass is 281 g/mol. The molecule has 6 heteroatoms. The molecule has 1 atom stereocenters. The second-order valence-electron chi connectivity index (χ2n) is 4.33. The molecular formula is C14H19NO5. The van der Waals surface area contributed by atoms with Crippen LogP contribution < -0.4 is 14.8 Å². The van der Waals surface area contributed by atoms with E-state index in [1.54, 1.807) is 6.07 Å². The van der Waals surface area contributed by atoms with Crippen molar-refractivity contribution in [3.63, 3.8) is 0 Å². The van der Waals surface area contributed by atoms with Crippen LogP contribution in [0.2, 0.25) is 0 Å². The summed E-state index contributed by atoms with van der Waals surface area (Å²) in [6.45, 7) is 3.61. The first-order chi connectivity index (χ1) is 9.47. The van der Waals surface area contributed by atoms with E-state index in [0.29, 0.717) is 5.75 Å². The predicted molar refractivity (Wildman–Crippen MR) is 73.3 cm³/mol. The number of rotatable bonds is 7. The summed E-state index contributed by atoms with van der Waals surface area (Å²) < 4.78 is 10.2. The number of aromatic carboxylic acids is 1. The van der Waals surface area contributed by atoms with Crippen LogP contribution in [0.5, 0.6) is 11.5 Å². The van der Waals surface area contributed by atoms with Gasteiger partial charge in [-0.3, -0.25) is 4.79 Å². The standard InChI is InChI=1S/C14H19NO5/c1-4-9(2)15-13(16)8-20-12-6-5-10(19-3)7-11(12)14(17)18/h5-7,9H,4,8H2,1-3H3,(H,15,16)(H,17,18). The van der Waals surface area contributed by atoms with Crippen LogP contribution in [-0.2, 0) is 4.79 Å². The molecule has 0 aliphatic heterocycles. The third-order valence-electron chi connectivity index (χ3n) is 2.80. The molecule has 110 valence electrons. The average molecular weight is 281 g/mol. The maximum Gasteiger partial charge on any atom is 0.339 e. The van der Waals surface area contributed by atoms with Crippen molar-refractivity contribution < 1.29 is 24.2 Å². The number of hydrogen-bond donors (Lipinski definition) is 2. The van der Waals surface area contributed by atoms with Crippen molar-refractivity contribution in [2.24, 2.45) is 0 Å². The molecule has 0 heterocycles. The van der Waals surface area contributed by atoms with Crippen LogP contribution in [0.4, 0.5) is 0 Å². The zero-order chi connectivity index (χ0) is 15.1. The molecular weight excluding hydrogens is 262 g/mol. The highest BCUT2D eigenvalue weighted by Gasteiger charge is 2.14. The Morgan fingerprint density at radius 3 is 2.65 bits per heavy atom. The van der Waals surface area contributed by atoms with Crippen LogP contribution in [0.15, 0.2) is 18.2 Å². The summed E-state index contributed by atoms with van der Waals surface area (Å²) in [7, 11) is 1.45. The van der Waals surface area contributed by atoms with Gasteiger partial charge in [0.2, 0.25) is 0 Å². The summed E-state index contributed by atoms with van der Waals surface area (Å²) >= 11 is 0. The highest BCUT2D eigenvalue weighted by Crippen LogP contribution is 2.24. The van der Waals surface area contributed by atoms with Crippen molar-refractivity contribution >= 4 is 11.9 Å². The molecule has 0 bridgehead atoms. The molecule has 6 nitrogen and oxygen atoms in total. The molecule has 0 aliphatic carbocycles. The van der Waals surface area contributed by atoms with E-state index in [2.05, 4.69) is 5.32 Å². The zero-order valence-corrected chi connectivity index (χ0v) is 11.8. The van der Waals surface area contributed by atoms with Gasteiger partial charge in [0.15, 0.2) is 6.61 Å². The molecule has 0 saturated carbocycles. The van der Waals surface area contributed by atoms with E-state index in [1.165, 1.54) is 19.2 Å². The number of carbonyl (C=O) groups excluding carboxylic acids is 1. The SMILES string of the molecule is CCC(C)NC(=O)COc1ccc(OC)cc1C(=O)O. The van der Waals surface area contributed by atoms with Gasteiger partial charge < -0.3 is 19.9 Å². The first-order valence-electron chi connectivity index (χ1n) is 6.31. The predicted octanol–water partition coefficient (Wildman–Crippen LogP) is 1.69. The Balaban J connectivity index is 2.72. The van der Waals surface area contributed by atoms with Crippen molar-refractivity contribution in [3.05, 3.63) is 23.8 Å². The minimum Gasteiger partial charge on any atom is -0.497 e. The molecule has 0 aromatic heterocycles. The van der Waals surface area contributed by atoms with Gasteiger partial charge in [-0.2, -0.15) is 0 Å². The highest BCUT2D eigenvalue weighted by atomic mass is 16.5. The molecule has 0 spiro atoms. The molecule has 0 aliphatic rings. The Bertz CT molecular complexity index is 486. The Morgan fingerprint density at radius 2 is 2.10 bits per heavy atom. The Kier molecular flexibility index (Phi) is 5.83. The van der Waals surface area contributed by atoms with Crippen LogP contribution in [-0.4, -0.2) is 36.7 Å². The third-order valence-corrected chi connectivity index (χ3v) is 2.80. The quantitative estimate of drug-likeness (QED) is 0.794. The number of methoxy groups -OCH3 is 1. The number of carbonyl (C=O) groups is 2. The summed E-state index contributed by atoms with van der Waals surface area (Å²) in [5.74, 6) is -0.871. The van der Waals surface area contributed by atoms with E-state index >= 15 is 0 Å². The minimum absolute atomic E-state index is 0.0410. The molecule has 1 unspecified atom stereocenters. The van der Waals surface area contributed by atoms with Crippen molar-refractivity contribution in [1.29, 1.82) is 0 Å². The van der Waals surface area contributed by atoms with E-state index in [9.17, 15) is 9.59 Å². The van der Waals surface area contributed by atoms with Gasteiger partial charge in [0.1, 0.15) is 17.1 Å². The highest BCUT2D eigenvalue weighted by molar-refractivity contribution is 5.91. The number of carboxylic acid groups (broad SMARTS) is 1. The summed E-state index contributed by atoms with van der Waals surface area (Å²) in [5.41, 5.74) is -0.0410. The Labute approximate surface area is 117 Å². The fourth-order valence-electron chi connectivity index (χ4n) is 1.49. The lowest BCUT2D eigenvalue weighted by Crippen LogP contribution is -2.35. The zero-order valence-electron chi connectivity index (χ0n) is 11.8. The topological polar surface area (TPSA) is 84.9 Å². The number of nitrogens with one attached hydrogen (secondary N) is 1. The van der Waals surface area contributed by atoms with Gasteiger partial charge in [-0.05, 0) is 31.5 Å². The van der Waals surface area contributed by atoms with E-state index in [1.807, 2.05) is 13.8 Å². The minimum atomic E-state index is -1.14. The van der Waals surface area contributed by atoms with Crippen molar-refractivity contribution in [1.82, 2.24) is 5.32 Å². The molecule has 1 aromatic carbocycles. The molecule has 0 saturated heterocycles. The number of carboxylic acids is 1. The fourth-order valence-corrected chi connectivity index (χ4v) is 1.49. The van der Waals surface area contributed by atoms with E-state index in [-0.39, 0.29) is 29.9 Å². The van der Waals surface area contributed by atoms with Crippen LogP contribution in [0.3, 0.4) is 0 Å². The number of ether oxygens (including phenoxy) is 2. The van der Waals surface area contributed by atoms with E-state index in [4.69, 9.17) is 14.6 Å². The van der Waals surface area contributed by atoms with Crippen molar-refractivity contribution in [3.8, 4) is 11.5 Å². The fraction of sp³-hybridized carbons (Fsp3) is 0.429. The lowest BCUT2D eigenvalue weighted by molar-refractivity contribution is -0.123. The van der Waals surface area contributed by atoms with Gasteiger partial charge in [0.05, 0.1) is 7.11 Å². The Hall–Kier alpha value is -2.24. The molecule has 0 radical (unpaired) electrons. The van der Waals surface area contributed by atoms with Crippen LogP contribution in [0, 0.1) is 0 Å². The summed E-state index contributed by atoms with van der Waals surface area (Å²) in [6.07, 6.45) is 0.814. The van der Waals surface area contributed by atoms with Gasteiger partial charge >= 0.3 is 5.97 Å². The smallest absolute Gasteiger partial charge is 0.339 e. The number of hydrogen-bond acceptors (Lipinski definition) is 4. The first kappa shape index (κ1) is 15.8. The molecule has 20 heavy (non-hydrogen) atoms. The average Bonchev–Trinajstić information content (AvgIpc) is 2.44. The second-order valence-corrected chi connectivity index (χ2v) is 4.33. The third kappa shape index (κ3) is 4.46. The van der Waals surface area contributed by atoms with Crippen molar-refractivity contribution in [2.75, 3.05) is 13.7 Å². The first-order valence-corrected chi connectivity index (χ1v) is 6.31. The Morgan fingerprint density at radius 1 is 1.40 bits per heavy atom. The van der Waals surface area contributed by atoms with Crippen LogP contribution in [0.25, 0.3) is 0 Å². The second kappa shape index (κ2) is 7.37. The molecule has 1 rings (SSSR count). The van der Waals surface area contributed by atoms with Gasteiger partial charge in [-0.25, -0.2) is 4.79 Å². The number of benzene rings is 1. The largest absolute Gasteiger partial charge is 0.497 e. The van der Waals surface area contributed by atoms with Crippen molar-refractivity contribution in [2.45, 2.75) is 26.3 Å². The lowest BCUT2D eigenvalue weighted by atomic mass is 10.2. The van der Waals surface area contributed by atoms with E-state index < -0.39 is 5.97 Å². The van der Waals surface area contributed by atoms with E-state index in [0.717, 1.165) is 6.42 Å². The molecule has 1 aromatic rings. The van der Waals surface area contributed by atoms with Gasteiger partial charge in [-0.15, -0.1) is 0 Å². The molecule has 2 N–H and O–H groups in total. The summed E-state index contributed by atoms with van der Waals surface area (Å²) in [4.78, 5) is 22.7. The summed E-state index contributed by atoms with van der Waals surface area (Å²) in [6, 6.07) is 4.46. The van der Waals surface area contributed by atoms with Crippen LogP contribution >= 0.6 is 0 Å². The maximum atomic E-state index is 11.6. The molecule has 0 fully saturated rings.